The zero-order valence-corrected chi connectivity index (χ0v) is 17.5. The largest absolute Gasteiger partial charge is 0.497 e. The van der Waals surface area contributed by atoms with E-state index in [1.54, 1.807) is 7.11 Å². The van der Waals surface area contributed by atoms with E-state index in [-0.39, 0.29) is 0 Å². The van der Waals surface area contributed by atoms with Gasteiger partial charge >= 0.3 is 0 Å². The zero-order chi connectivity index (χ0) is 19.4. The fourth-order valence-corrected chi connectivity index (χ4v) is 4.98. The highest BCUT2D eigenvalue weighted by molar-refractivity contribution is 5.27. The Hall–Kier alpha value is -1.84. The van der Waals surface area contributed by atoms with E-state index in [1.807, 2.05) is 0 Å². The molecule has 1 spiro atoms. The summed E-state index contributed by atoms with van der Waals surface area (Å²) in [6.45, 7) is 9.32. The number of piperidine rings is 2. The van der Waals surface area contributed by atoms with Gasteiger partial charge in [-0.1, -0.05) is 42.0 Å². The highest BCUT2D eigenvalue weighted by Gasteiger charge is 2.38. The van der Waals surface area contributed by atoms with E-state index in [0.717, 1.165) is 18.8 Å². The molecule has 2 saturated heterocycles. The summed E-state index contributed by atoms with van der Waals surface area (Å²) in [5.41, 5.74) is 4.74. The molecular weight excluding hydrogens is 344 g/mol. The van der Waals surface area contributed by atoms with Crippen LogP contribution in [0.4, 0.5) is 0 Å². The Morgan fingerprint density at radius 3 is 2.04 bits per heavy atom. The molecule has 2 aromatic rings. The lowest BCUT2D eigenvalue weighted by Gasteiger charge is -2.48. The molecule has 3 nitrogen and oxygen atoms in total. The first-order valence-electron chi connectivity index (χ1n) is 10.8. The van der Waals surface area contributed by atoms with Crippen LogP contribution in [0.2, 0.25) is 0 Å². The number of likely N-dealkylation sites (tertiary alicyclic amines) is 2. The van der Waals surface area contributed by atoms with Crippen molar-refractivity contribution >= 4 is 0 Å². The average molecular weight is 379 g/mol. The fraction of sp³-hybridized carbons (Fsp3) is 0.520. The van der Waals surface area contributed by atoms with Crippen LogP contribution in [0, 0.1) is 12.3 Å². The summed E-state index contributed by atoms with van der Waals surface area (Å²) in [5, 5.41) is 0. The Labute approximate surface area is 170 Å². The second-order valence-electron chi connectivity index (χ2n) is 8.92. The molecule has 2 aliphatic heterocycles. The van der Waals surface area contributed by atoms with Crippen LogP contribution in [0.5, 0.6) is 5.75 Å². The lowest BCUT2D eigenvalue weighted by atomic mass is 9.72. The molecule has 4 rings (SSSR count). The minimum absolute atomic E-state index is 0.541. The van der Waals surface area contributed by atoms with Gasteiger partial charge in [-0.15, -0.1) is 0 Å². The highest BCUT2D eigenvalue weighted by atomic mass is 16.5. The molecule has 0 unspecified atom stereocenters. The minimum Gasteiger partial charge on any atom is -0.497 e. The summed E-state index contributed by atoms with van der Waals surface area (Å²) in [7, 11) is 1.73. The van der Waals surface area contributed by atoms with E-state index < -0.39 is 0 Å². The van der Waals surface area contributed by atoms with Gasteiger partial charge in [0.25, 0.3) is 0 Å². The lowest BCUT2D eigenvalue weighted by molar-refractivity contribution is 0.0185. The zero-order valence-electron chi connectivity index (χ0n) is 17.5. The first-order chi connectivity index (χ1) is 13.6. The van der Waals surface area contributed by atoms with E-state index in [9.17, 15) is 0 Å². The Bertz CT molecular complexity index is 745. The van der Waals surface area contributed by atoms with Gasteiger partial charge in [0, 0.05) is 19.6 Å². The van der Waals surface area contributed by atoms with E-state index in [0.29, 0.717) is 5.41 Å². The predicted octanol–water partition coefficient (Wildman–Crippen LogP) is 4.88. The van der Waals surface area contributed by atoms with Crippen LogP contribution in [0.25, 0.3) is 0 Å². The van der Waals surface area contributed by atoms with Gasteiger partial charge in [0.15, 0.2) is 0 Å². The number of benzene rings is 2. The molecule has 28 heavy (non-hydrogen) atoms. The number of methoxy groups -OCH3 is 1. The van der Waals surface area contributed by atoms with Gasteiger partial charge in [-0.25, -0.2) is 0 Å². The number of hydrogen-bond acceptors (Lipinski definition) is 3. The third-order valence-corrected chi connectivity index (χ3v) is 6.75. The summed E-state index contributed by atoms with van der Waals surface area (Å²) in [6, 6.07) is 17.6. The van der Waals surface area contributed by atoms with Gasteiger partial charge < -0.3 is 4.74 Å². The number of aryl methyl sites for hydroxylation is 1. The van der Waals surface area contributed by atoms with Crippen LogP contribution in [-0.2, 0) is 13.1 Å². The Morgan fingerprint density at radius 2 is 1.39 bits per heavy atom. The SMILES string of the molecule is COc1ccc(CN2CCC3(CCCN(Cc4ccc(C)cc4)C3)CC2)cc1. The average Bonchev–Trinajstić information content (AvgIpc) is 2.72. The normalized spacial score (nSPS) is 20.4. The molecule has 0 radical (unpaired) electrons. The Balaban J connectivity index is 1.30. The van der Waals surface area contributed by atoms with Crippen molar-refractivity contribution in [2.24, 2.45) is 5.41 Å². The molecule has 2 aliphatic rings. The van der Waals surface area contributed by atoms with Crippen LogP contribution in [0.1, 0.15) is 42.4 Å². The Kier molecular flexibility index (Phi) is 6.03. The smallest absolute Gasteiger partial charge is 0.118 e. The molecule has 150 valence electrons. The van der Waals surface area contributed by atoms with E-state index in [2.05, 4.69) is 65.3 Å². The molecule has 0 aromatic heterocycles. The van der Waals surface area contributed by atoms with Gasteiger partial charge in [-0.3, -0.25) is 9.80 Å². The van der Waals surface area contributed by atoms with Crippen molar-refractivity contribution < 1.29 is 4.74 Å². The lowest BCUT2D eigenvalue weighted by Crippen LogP contribution is -2.49. The highest BCUT2D eigenvalue weighted by Crippen LogP contribution is 2.40. The number of nitrogens with zero attached hydrogens (tertiary/aromatic N) is 2. The molecule has 0 atom stereocenters. The van der Waals surface area contributed by atoms with Crippen LogP contribution in [0.3, 0.4) is 0 Å². The third-order valence-electron chi connectivity index (χ3n) is 6.75. The molecule has 0 bridgehead atoms. The molecule has 2 aromatic carbocycles. The van der Waals surface area contributed by atoms with Crippen LogP contribution >= 0.6 is 0 Å². The summed E-state index contributed by atoms with van der Waals surface area (Å²) in [6.07, 6.45) is 5.44. The maximum absolute atomic E-state index is 5.27. The van der Waals surface area contributed by atoms with E-state index in [4.69, 9.17) is 4.74 Å². The van der Waals surface area contributed by atoms with Gasteiger partial charge in [0.1, 0.15) is 5.75 Å². The van der Waals surface area contributed by atoms with Crippen LogP contribution in [0.15, 0.2) is 48.5 Å². The van der Waals surface area contributed by atoms with Crippen molar-refractivity contribution in [3.8, 4) is 5.75 Å². The summed E-state index contributed by atoms with van der Waals surface area (Å²) >= 11 is 0. The fourth-order valence-electron chi connectivity index (χ4n) is 4.98. The first-order valence-corrected chi connectivity index (χ1v) is 10.8. The third kappa shape index (κ3) is 4.76. The van der Waals surface area contributed by atoms with Crippen LogP contribution in [-0.4, -0.2) is 43.1 Å². The second-order valence-corrected chi connectivity index (χ2v) is 8.92. The molecule has 3 heteroatoms. The molecule has 0 aliphatic carbocycles. The second kappa shape index (κ2) is 8.67. The van der Waals surface area contributed by atoms with Crippen molar-refractivity contribution in [3.05, 3.63) is 65.2 Å². The first kappa shape index (κ1) is 19.5. The number of ether oxygens (including phenoxy) is 1. The van der Waals surface area contributed by atoms with Gasteiger partial charge in [-0.2, -0.15) is 0 Å². The molecule has 0 amide bonds. The van der Waals surface area contributed by atoms with Crippen molar-refractivity contribution in [2.75, 3.05) is 33.3 Å². The summed E-state index contributed by atoms with van der Waals surface area (Å²) in [4.78, 5) is 5.33. The quantitative estimate of drug-likeness (QED) is 0.737. The maximum Gasteiger partial charge on any atom is 0.118 e. The van der Waals surface area contributed by atoms with E-state index in [1.165, 1.54) is 68.6 Å². The van der Waals surface area contributed by atoms with Crippen molar-refractivity contribution in [1.29, 1.82) is 0 Å². The van der Waals surface area contributed by atoms with Crippen molar-refractivity contribution in [2.45, 2.75) is 45.7 Å². The van der Waals surface area contributed by atoms with Crippen LogP contribution < -0.4 is 4.74 Å². The summed E-state index contributed by atoms with van der Waals surface area (Å²) < 4.78 is 5.27. The molecule has 2 heterocycles. The topological polar surface area (TPSA) is 15.7 Å². The monoisotopic (exact) mass is 378 g/mol. The Morgan fingerprint density at radius 1 is 0.786 bits per heavy atom. The van der Waals surface area contributed by atoms with Crippen molar-refractivity contribution in [1.82, 2.24) is 9.80 Å². The number of rotatable bonds is 5. The van der Waals surface area contributed by atoms with Gasteiger partial charge in [0.2, 0.25) is 0 Å². The molecule has 0 N–H and O–H groups in total. The minimum atomic E-state index is 0.541. The maximum atomic E-state index is 5.27. The number of hydrogen-bond donors (Lipinski definition) is 0. The van der Waals surface area contributed by atoms with Crippen molar-refractivity contribution in [3.63, 3.8) is 0 Å². The van der Waals surface area contributed by atoms with Gasteiger partial charge in [0.05, 0.1) is 7.11 Å². The molecule has 0 saturated carbocycles. The molecule has 2 fully saturated rings. The van der Waals surface area contributed by atoms with E-state index >= 15 is 0 Å². The predicted molar refractivity (Wildman–Crippen MR) is 116 cm³/mol. The molecular formula is C25H34N2O. The summed E-state index contributed by atoms with van der Waals surface area (Å²) in [5.74, 6) is 0.942. The van der Waals surface area contributed by atoms with Gasteiger partial charge in [-0.05, 0) is 80.9 Å². The standard InChI is InChI=1S/C25H34N2O/c1-21-4-6-22(7-5-21)19-27-15-3-12-25(20-27)13-16-26(17-14-25)18-23-8-10-24(28-2)11-9-23/h4-11H,3,12-20H2,1-2H3.